The zero-order valence-electron chi connectivity index (χ0n) is 15.5. The van der Waals surface area contributed by atoms with Crippen LogP contribution in [-0.2, 0) is 11.4 Å². The van der Waals surface area contributed by atoms with E-state index in [1.54, 1.807) is 13.1 Å². The van der Waals surface area contributed by atoms with Gasteiger partial charge in [0, 0.05) is 24.6 Å². The molecule has 2 aromatic rings. The Morgan fingerprint density at radius 2 is 1.69 bits per heavy atom. The van der Waals surface area contributed by atoms with Crippen molar-refractivity contribution in [3.63, 3.8) is 0 Å². The molecule has 5 nitrogen and oxygen atoms in total. The summed E-state index contributed by atoms with van der Waals surface area (Å²) >= 11 is 0. The first kappa shape index (κ1) is 19.7. The van der Waals surface area contributed by atoms with E-state index in [9.17, 15) is 14.7 Å². The summed E-state index contributed by atoms with van der Waals surface area (Å²) in [6.45, 7) is 3.79. The second-order valence-electron chi connectivity index (χ2n) is 6.95. The van der Waals surface area contributed by atoms with E-state index in [-0.39, 0.29) is 18.4 Å². The van der Waals surface area contributed by atoms with Gasteiger partial charge in [0.05, 0.1) is 6.61 Å². The molecule has 0 unspecified atom stereocenters. The SMILES string of the molecule is CNC(=O)CCC(C)(C)NC(=O)c1cccc(-c2cccc(CO)c2)c1. The van der Waals surface area contributed by atoms with Crippen molar-refractivity contribution in [2.24, 2.45) is 0 Å². The lowest BCUT2D eigenvalue weighted by atomic mass is 9.96. The number of hydrogen-bond donors (Lipinski definition) is 3. The van der Waals surface area contributed by atoms with Crippen LogP contribution in [0.3, 0.4) is 0 Å². The summed E-state index contributed by atoms with van der Waals surface area (Å²) < 4.78 is 0. The van der Waals surface area contributed by atoms with Gasteiger partial charge >= 0.3 is 0 Å². The van der Waals surface area contributed by atoms with Gasteiger partial charge in [0.1, 0.15) is 0 Å². The van der Waals surface area contributed by atoms with Gasteiger partial charge in [-0.3, -0.25) is 9.59 Å². The Hall–Kier alpha value is -2.66. The van der Waals surface area contributed by atoms with Crippen LogP contribution in [0.15, 0.2) is 48.5 Å². The topological polar surface area (TPSA) is 78.4 Å². The minimum atomic E-state index is -0.490. The molecule has 0 bridgehead atoms. The van der Waals surface area contributed by atoms with Crippen LogP contribution >= 0.6 is 0 Å². The first-order valence-corrected chi connectivity index (χ1v) is 8.68. The minimum absolute atomic E-state index is 0.0203. The summed E-state index contributed by atoms with van der Waals surface area (Å²) in [5.74, 6) is -0.217. The number of rotatable bonds is 7. The smallest absolute Gasteiger partial charge is 0.251 e. The maximum atomic E-state index is 12.6. The number of benzene rings is 2. The van der Waals surface area contributed by atoms with Gasteiger partial charge in [-0.1, -0.05) is 30.3 Å². The van der Waals surface area contributed by atoms with E-state index in [1.165, 1.54) is 0 Å². The molecular formula is C21H26N2O3. The van der Waals surface area contributed by atoms with Gasteiger partial charge in [-0.2, -0.15) is 0 Å². The van der Waals surface area contributed by atoms with Gasteiger partial charge in [-0.25, -0.2) is 0 Å². The predicted octanol–water partition coefficient (Wildman–Crippen LogP) is 2.88. The van der Waals surface area contributed by atoms with Crippen LogP contribution in [0.5, 0.6) is 0 Å². The molecule has 0 aromatic heterocycles. The molecule has 5 heteroatoms. The van der Waals surface area contributed by atoms with Crippen LogP contribution in [-0.4, -0.2) is 29.5 Å². The summed E-state index contributed by atoms with van der Waals surface area (Å²) in [7, 11) is 1.60. The molecule has 26 heavy (non-hydrogen) atoms. The zero-order valence-corrected chi connectivity index (χ0v) is 15.5. The van der Waals surface area contributed by atoms with Crippen LogP contribution in [0.1, 0.15) is 42.6 Å². The number of carbonyl (C=O) groups is 2. The van der Waals surface area contributed by atoms with Gasteiger partial charge in [0.25, 0.3) is 5.91 Å². The largest absolute Gasteiger partial charge is 0.392 e. The molecule has 0 spiro atoms. The molecule has 0 atom stereocenters. The van der Waals surface area contributed by atoms with Crippen molar-refractivity contribution >= 4 is 11.8 Å². The Morgan fingerprint density at radius 3 is 2.35 bits per heavy atom. The number of hydrogen-bond acceptors (Lipinski definition) is 3. The Balaban J connectivity index is 2.13. The third-order valence-corrected chi connectivity index (χ3v) is 4.28. The third-order valence-electron chi connectivity index (χ3n) is 4.28. The average Bonchev–Trinajstić information content (AvgIpc) is 2.66. The molecule has 0 heterocycles. The highest BCUT2D eigenvalue weighted by molar-refractivity contribution is 5.96. The highest BCUT2D eigenvalue weighted by atomic mass is 16.3. The van der Waals surface area contributed by atoms with E-state index in [2.05, 4.69) is 10.6 Å². The van der Waals surface area contributed by atoms with Gasteiger partial charge in [0.2, 0.25) is 5.91 Å². The van der Waals surface area contributed by atoms with Crippen LogP contribution in [0.2, 0.25) is 0 Å². The number of aliphatic hydroxyl groups is 1. The second-order valence-corrected chi connectivity index (χ2v) is 6.95. The number of aliphatic hydroxyl groups excluding tert-OH is 1. The van der Waals surface area contributed by atoms with Gasteiger partial charge in [0.15, 0.2) is 0 Å². The number of amides is 2. The van der Waals surface area contributed by atoms with Crippen molar-refractivity contribution in [2.45, 2.75) is 38.8 Å². The van der Waals surface area contributed by atoms with Crippen molar-refractivity contribution in [2.75, 3.05) is 7.05 Å². The Morgan fingerprint density at radius 1 is 1.04 bits per heavy atom. The molecule has 2 aromatic carbocycles. The molecule has 0 saturated heterocycles. The minimum Gasteiger partial charge on any atom is -0.392 e. The lowest BCUT2D eigenvalue weighted by Crippen LogP contribution is -2.44. The molecule has 2 amide bonds. The Kier molecular flexibility index (Phi) is 6.52. The standard InChI is InChI=1S/C21H26N2O3/c1-21(2,11-10-19(25)22-3)23-20(26)18-9-5-8-17(13-18)16-7-4-6-15(12-16)14-24/h4-9,12-13,24H,10-11,14H2,1-3H3,(H,22,25)(H,23,26). The molecule has 2 rings (SSSR count). The number of nitrogens with one attached hydrogen (secondary N) is 2. The summed E-state index contributed by atoms with van der Waals surface area (Å²) in [6.07, 6.45) is 0.911. The lowest BCUT2D eigenvalue weighted by molar-refractivity contribution is -0.121. The Labute approximate surface area is 154 Å². The van der Waals surface area contributed by atoms with Crippen molar-refractivity contribution in [1.82, 2.24) is 10.6 Å². The van der Waals surface area contributed by atoms with Crippen molar-refractivity contribution in [3.8, 4) is 11.1 Å². The van der Waals surface area contributed by atoms with E-state index < -0.39 is 5.54 Å². The van der Waals surface area contributed by atoms with E-state index >= 15 is 0 Å². The van der Waals surface area contributed by atoms with Crippen LogP contribution in [0.25, 0.3) is 11.1 Å². The van der Waals surface area contributed by atoms with Crippen molar-refractivity contribution in [3.05, 3.63) is 59.7 Å². The predicted molar refractivity (Wildman–Crippen MR) is 103 cm³/mol. The summed E-state index contributed by atoms with van der Waals surface area (Å²) in [4.78, 5) is 24.1. The first-order valence-electron chi connectivity index (χ1n) is 8.68. The molecule has 0 radical (unpaired) electrons. The van der Waals surface area contributed by atoms with E-state index in [4.69, 9.17) is 0 Å². The van der Waals surface area contributed by atoms with Gasteiger partial charge < -0.3 is 15.7 Å². The molecule has 0 fully saturated rings. The maximum absolute atomic E-state index is 12.6. The Bertz CT molecular complexity index is 784. The van der Waals surface area contributed by atoms with E-state index in [0.29, 0.717) is 18.4 Å². The lowest BCUT2D eigenvalue weighted by Gasteiger charge is -2.26. The van der Waals surface area contributed by atoms with Crippen molar-refractivity contribution in [1.29, 1.82) is 0 Å². The molecule has 138 valence electrons. The van der Waals surface area contributed by atoms with Crippen LogP contribution in [0, 0.1) is 0 Å². The second kappa shape index (κ2) is 8.63. The normalized spacial score (nSPS) is 11.1. The fourth-order valence-corrected chi connectivity index (χ4v) is 2.68. The average molecular weight is 354 g/mol. The van der Waals surface area contributed by atoms with E-state index in [1.807, 2.05) is 56.3 Å². The zero-order chi connectivity index (χ0) is 19.2. The molecule has 0 aliphatic rings. The summed E-state index contributed by atoms with van der Waals surface area (Å²) in [5.41, 5.74) is 2.76. The fraction of sp³-hybridized carbons (Fsp3) is 0.333. The monoisotopic (exact) mass is 354 g/mol. The van der Waals surface area contributed by atoms with Crippen molar-refractivity contribution < 1.29 is 14.7 Å². The summed E-state index contributed by atoms with van der Waals surface area (Å²) in [6, 6.07) is 15.0. The quantitative estimate of drug-likeness (QED) is 0.715. The molecule has 0 aliphatic heterocycles. The highest BCUT2D eigenvalue weighted by Crippen LogP contribution is 2.22. The van der Waals surface area contributed by atoms with E-state index in [0.717, 1.165) is 16.7 Å². The third kappa shape index (κ3) is 5.43. The molecule has 0 saturated carbocycles. The molecule has 3 N–H and O–H groups in total. The molecule has 0 aliphatic carbocycles. The highest BCUT2D eigenvalue weighted by Gasteiger charge is 2.22. The van der Waals surface area contributed by atoms with Gasteiger partial charge in [-0.05, 0) is 55.2 Å². The van der Waals surface area contributed by atoms with Crippen LogP contribution in [0.4, 0.5) is 0 Å². The number of carbonyl (C=O) groups excluding carboxylic acids is 2. The summed E-state index contributed by atoms with van der Waals surface area (Å²) in [5, 5.41) is 14.9. The first-order chi connectivity index (χ1) is 12.3. The molecular weight excluding hydrogens is 328 g/mol. The fourth-order valence-electron chi connectivity index (χ4n) is 2.68. The van der Waals surface area contributed by atoms with Gasteiger partial charge in [-0.15, -0.1) is 0 Å². The maximum Gasteiger partial charge on any atom is 0.251 e. The van der Waals surface area contributed by atoms with Crippen LogP contribution < -0.4 is 10.6 Å².